The van der Waals surface area contributed by atoms with E-state index in [9.17, 15) is 36.9 Å². The monoisotopic (exact) mass is 629 g/mol. The van der Waals surface area contributed by atoms with Crippen molar-refractivity contribution >= 4 is 55.5 Å². The summed E-state index contributed by atoms with van der Waals surface area (Å²) in [5.41, 5.74) is 5.54. The highest BCUT2D eigenvalue weighted by atomic mass is 32.3. The molecule has 0 saturated heterocycles. The van der Waals surface area contributed by atoms with Gasteiger partial charge in [0, 0.05) is 12.2 Å². The van der Waals surface area contributed by atoms with E-state index in [1.54, 1.807) is 0 Å². The third kappa shape index (κ3) is 13.7. The minimum atomic E-state index is -5.71. The van der Waals surface area contributed by atoms with Crippen LogP contribution in [0.5, 0.6) is 0 Å². The summed E-state index contributed by atoms with van der Waals surface area (Å²) in [5, 5.41) is 0. The van der Waals surface area contributed by atoms with Crippen LogP contribution in [-0.2, 0) is 31.2 Å². The third-order valence-corrected chi connectivity index (χ3v) is 7.99. The molecule has 1 aliphatic rings. The van der Waals surface area contributed by atoms with E-state index >= 15 is 0 Å². The van der Waals surface area contributed by atoms with Gasteiger partial charge in [-0.3, -0.25) is 0 Å². The van der Waals surface area contributed by atoms with Gasteiger partial charge in [0.25, 0.3) is 0 Å². The van der Waals surface area contributed by atoms with E-state index in [2.05, 4.69) is 32.4 Å². The maximum atomic E-state index is 12.5. The second-order valence-electron chi connectivity index (χ2n) is 7.50. The molecule has 0 spiro atoms. The number of rotatable bonds is 7. The second-order valence-corrected chi connectivity index (χ2v) is 11.3. The molecule has 2 aromatic rings. The van der Waals surface area contributed by atoms with Crippen LogP contribution in [0.25, 0.3) is 0 Å². The molecule has 1 aliphatic heterocycles. The highest BCUT2D eigenvalue weighted by molar-refractivity contribution is 8.05. The molecular formula is C23H34F3N5O6S3. The molecular weight excluding hydrogens is 595 g/mol. The van der Waals surface area contributed by atoms with Crippen LogP contribution in [0, 0.1) is 12.7 Å². The molecule has 0 unspecified atom stereocenters. The van der Waals surface area contributed by atoms with Gasteiger partial charge in [-0.2, -0.15) is 16.8 Å². The highest BCUT2D eigenvalue weighted by Crippen LogP contribution is 2.23. The van der Waals surface area contributed by atoms with Crippen molar-refractivity contribution in [3.05, 3.63) is 73.4 Å². The van der Waals surface area contributed by atoms with E-state index in [1.807, 2.05) is 30.3 Å². The standard InChI is InChI=1S/C6H5F2NO4S2.C6H7N.C6H15N.C5H7FN2O2S/c7-14(10,11)9(15(8,12)13)6-4-2-1-3-5-6;7-6-4-2-1-3-5-6;1-4-7(5-2)6-3;1-5-7(2)3-4-8(5)11(6,9)10/h1-5H;1-5H,7H2;4-6H2,1-3H3;3-4H,2H2,1H3. The largest absolute Gasteiger partial charge is 0.536 e. The summed E-state index contributed by atoms with van der Waals surface area (Å²) >= 11 is 0. The molecule has 0 bridgehead atoms. The fourth-order valence-electron chi connectivity index (χ4n) is 2.75. The SMILES string of the molecule is C=[N+]1[CH-]C=[N+](S(=O)(=O)F)[C-]1C.CCN(CC)CC.Nc1ccccc1.O=S(=O)(F)N(c1ccccc1)S(=O)(=O)F. The molecule has 1 heterocycles. The molecule has 2 aromatic carbocycles. The van der Waals surface area contributed by atoms with Gasteiger partial charge < -0.3 is 15.2 Å². The number of nitrogen functional groups attached to an aromatic ring is 1. The summed E-state index contributed by atoms with van der Waals surface area (Å²) in [4.78, 5) is 2.38. The average molecular weight is 630 g/mol. The smallest absolute Gasteiger partial charge is 0.434 e. The summed E-state index contributed by atoms with van der Waals surface area (Å²) in [7, 11) is -16.1. The molecule has 0 radical (unpaired) electrons. The molecule has 40 heavy (non-hydrogen) atoms. The molecule has 3 rings (SSSR count). The molecule has 0 atom stereocenters. The molecule has 0 fully saturated rings. The van der Waals surface area contributed by atoms with E-state index in [0.717, 1.165) is 24.0 Å². The molecule has 0 aliphatic carbocycles. The highest BCUT2D eigenvalue weighted by Gasteiger charge is 2.34. The van der Waals surface area contributed by atoms with Crippen molar-refractivity contribution in [3.63, 3.8) is 0 Å². The minimum absolute atomic E-state index is 0.215. The predicted molar refractivity (Wildman–Crippen MR) is 150 cm³/mol. The third-order valence-electron chi connectivity index (χ3n) is 4.86. The van der Waals surface area contributed by atoms with E-state index in [4.69, 9.17) is 5.73 Å². The Hall–Kier alpha value is -3.28. The van der Waals surface area contributed by atoms with Crippen molar-refractivity contribution in [2.75, 3.05) is 29.1 Å². The van der Waals surface area contributed by atoms with Gasteiger partial charge in [-0.1, -0.05) is 75.5 Å². The number of hydrogen-bond acceptors (Lipinski definition) is 8. The van der Waals surface area contributed by atoms with Crippen LogP contribution < -0.4 is 9.44 Å². The van der Waals surface area contributed by atoms with Crippen LogP contribution in [-0.4, -0.2) is 71.3 Å². The van der Waals surface area contributed by atoms with Gasteiger partial charge in [0.05, 0.1) is 5.69 Å². The zero-order valence-electron chi connectivity index (χ0n) is 22.4. The fourth-order valence-corrected chi connectivity index (χ4v) is 4.96. The van der Waals surface area contributed by atoms with Crippen LogP contribution in [0.3, 0.4) is 0 Å². The lowest BCUT2D eigenvalue weighted by Crippen LogP contribution is -2.31. The Balaban J connectivity index is 0.000000536. The Morgan fingerprint density at radius 3 is 1.43 bits per heavy atom. The van der Waals surface area contributed by atoms with Crippen LogP contribution in [0.1, 0.15) is 27.7 Å². The predicted octanol–water partition coefficient (Wildman–Crippen LogP) is 3.22. The summed E-state index contributed by atoms with van der Waals surface area (Å²) in [6, 6.07) is 15.3. The maximum Gasteiger partial charge on any atom is 0.536 e. The molecule has 0 amide bonds. The first-order valence-corrected chi connectivity index (χ1v) is 15.5. The quantitative estimate of drug-likeness (QED) is 0.213. The van der Waals surface area contributed by atoms with Gasteiger partial charge in [0.1, 0.15) is 6.21 Å². The van der Waals surface area contributed by atoms with Gasteiger partial charge in [-0.15, -0.1) is 16.1 Å². The Labute approximate surface area is 235 Å². The van der Waals surface area contributed by atoms with E-state index in [1.165, 1.54) is 55.9 Å². The number of nitrogens with zero attached hydrogens (tertiary/aromatic N) is 4. The van der Waals surface area contributed by atoms with Gasteiger partial charge in [-0.05, 0) is 50.8 Å². The van der Waals surface area contributed by atoms with E-state index < -0.39 is 40.6 Å². The van der Waals surface area contributed by atoms with Crippen molar-refractivity contribution in [1.82, 2.24) is 4.90 Å². The first-order chi connectivity index (χ1) is 18.4. The van der Waals surface area contributed by atoms with Gasteiger partial charge >= 0.3 is 31.2 Å². The van der Waals surface area contributed by atoms with Crippen LogP contribution in [0.15, 0.2) is 60.7 Å². The molecule has 0 aromatic heterocycles. The number of hydrogen-bond donors (Lipinski definition) is 1. The summed E-state index contributed by atoms with van der Waals surface area (Å²) in [6.45, 7) is 16.3. The van der Waals surface area contributed by atoms with E-state index in [-0.39, 0.29) is 6.17 Å². The summed E-state index contributed by atoms with van der Waals surface area (Å²) in [5.74, 6) is 0. The normalized spacial score (nSPS) is 12.9. The van der Waals surface area contributed by atoms with Crippen LogP contribution in [0.2, 0.25) is 0 Å². The van der Waals surface area contributed by atoms with Crippen LogP contribution >= 0.6 is 0 Å². The van der Waals surface area contributed by atoms with Crippen molar-refractivity contribution in [2.24, 2.45) is 0 Å². The summed E-state index contributed by atoms with van der Waals surface area (Å²) < 4.78 is 100. The maximum absolute atomic E-state index is 12.5. The number of anilines is 2. The minimum Gasteiger partial charge on any atom is -0.434 e. The van der Waals surface area contributed by atoms with Crippen molar-refractivity contribution in [3.8, 4) is 0 Å². The molecule has 2 N–H and O–H groups in total. The van der Waals surface area contributed by atoms with Crippen LogP contribution in [0.4, 0.5) is 23.0 Å². The number of nitrogens with two attached hydrogens (primary N) is 1. The number of halogens is 3. The van der Waals surface area contributed by atoms with E-state index in [0.29, 0.717) is 3.98 Å². The summed E-state index contributed by atoms with van der Waals surface area (Å²) in [6.07, 6.45) is 1.31. The van der Waals surface area contributed by atoms with Gasteiger partial charge in [-0.25, -0.2) is 0 Å². The lowest BCUT2D eigenvalue weighted by atomic mass is 10.3. The Kier molecular flexibility index (Phi) is 15.4. The van der Waals surface area contributed by atoms with Crippen molar-refractivity contribution < 1.29 is 45.5 Å². The lowest BCUT2D eigenvalue weighted by molar-refractivity contribution is -0.585. The lowest BCUT2D eigenvalue weighted by Gasteiger charge is -2.13. The zero-order valence-corrected chi connectivity index (χ0v) is 24.9. The molecule has 226 valence electrons. The van der Waals surface area contributed by atoms with Gasteiger partial charge in [0.2, 0.25) is 6.17 Å². The average Bonchev–Trinajstić information content (AvgIpc) is 3.19. The Morgan fingerprint density at radius 2 is 1.23 bits per heavy atom. The Bertz CT molecular complexity index is 1370. The molecule has 11 nitrogen and oxygen atoms in total. The number of benzene rings is 2. The second kappa shape index (κ2) is 16.7. The van der Waals surface area contributed by atoms with Crippen molar-refractivity contribution in [2.45, 2.75) is 27.7 Å². The first-order valence-electron chi connectivity index (χ1n) is 11.5. The van der Waals surface area contributed by atoms with Crippen molar-refractivity contribution in [1.29, 1.82) is 0 Å². The van der Waals surface area contributed by atoms with Gasteiger partial charge in [0.15, 0.2) is 0 Å². The number of para-hydroxylation sites is 2. The topological polar surface area (TPSA) is 141 Å². The first kappa shape index (κ1) is 36.7. The zero-order chi connectivity index (χ0) is 31.1. The fraction of sp³-hybridized carbons (Fsp3) is 0.304. The Morgan fingerprint density at radius 1 is 0.825 bits per heavy atom. The molecule has 17 heteroatoms. The molecule has 0 saturated carbocycles.